The van der Waals surface area contributed by atoms with Crippen molar-refractivity contribution in [2.45, 2.75) is 40.0 Å². The van der Waals surface area contributed by atoms with Crippen LogP contribution in [0.2, 0.25) is 0 Å². The van der Waals surface area contributed by atoms with Gasteiger partial charge in [-0.25, -0.2) is 0 Å². The van der Waals surface area contributed by atoms with Crippen LogP contribution in [0.1, 0.15) is 37.3 Å². The standard InChI is InChI=1S/C23H31N3O/c1-17-11-14-26(15-12-17)22-8-6-20(7-9-22)24-13-10-23(27)25-21-5-4-18(2)19(3)16-21/h4-9,16-17,24H,10-15H2,1-3H3,(H,25,27). The van der Waals surface area contributed by atoms with Crippen LogP contribution >= 0.6 is 0 Å². The number of amides is 1. The van der Waals surface area contributed by atoms with Crippen LogP contribution in [-0.2, 0) is 4.79 Å². The van der Waals surface area contributed by atoms with Crippen molar-refractivity contribution in [3.63, 3.8) is 0 Å². The Hall–Kier alpha value is -2.49. The highest BCUT2D eigenvalue weighted by Gasteiger charge is 2.15. The number of hydrogen-bond donors (Lipinski definition) is 2. The van der Waals surface area contributed by atoms with Crippen molar-refractivity contribution in [3.8, 4) is 0 Å². The van der Waals surface area contributed by atoms with Crippen LogP contribution < -0.4 is 15.5 Å². The fourth-order valence-corrected chi connectivity index (χ4v) is 3.42. The van der Waals surface area contributed by atoms with Gasteiger partial charge in [-0.05, 0) is 80.1 Å². The first-order chi connectivity index (χ1) is 13.0. The molecule has 4 nitrogen and oxygen atoms in total. The number of rotatable bonds is 6. The molecule has 4 heteroatoms. The monoisotopic (exact) mass is 365 g/mol. The average Bonchev–Trinajstić information content (AvgIpc) is 2.66. The van der Waals surface area contributed by atoms with Gasteiger partial charge in [0.15, 0.2) is 0 Å². The number of piperidine rings is 1. The van der Waals surface area contributed by atoms with E-state index in [-0.39, 0.29) is 5.91 Å². The van der Waals surface area contributed by atoms with Gasteiger partial charge in [0.05, 0.1) is 0 Å². The maximum Gasteiger partial charge on any atom is 0.226 e. The Labute approximate surface area is 163 Å². The molecule has 27 heavy (non-hydrogen) atoms. The molecule has 0 unspecified atom stereocenters. The fraction of sp³-hybridized carbons (Fsp3) is 0.435. The molecule has 1 amide bonds. The largest absolute Gasteiger partial charge is 0.385 e. The van der Waals surface area contributed by atoms with Gasteiger partial charge in [-0.1, -0.05) is 13.0 Å². The molecule has 0 atom stereocenters. The summed E-state index contributed by atoms with van der Waals surface area (Å²) in [6, 6.07) is 14.6. The second-order valence-corrected chi connectivity index (χ2v) is 7.74. The third-order valence-corrected chi connectivity index (χ3v) is 5.49. The average molecular weight is 366 g/mol. The molecule has 0 aromatic heterocycles. The maximum atomic E-state index is 12.1. The van der Waals surface area contributed by atoms with E-state index in [0.29, 0.717) is 13.0 Å². The summed E-state index contributed by atoms with van der Waals surface area (Å²) in [5, 5.41) is 6.31. The fourth-order valence-electron chi connectivity index (χ4n) is 3.42. The van der Waals surface area contributed by atoms with Crippen LogP contribution in [0.15, 0.2) is 42.5 Å². The van der Waals surface area contributed by atoms with Gasteiger partial charge in [-0.3, -0.25) is 4.79 Å². The van der Waals surface area contributed by atoms with Gasteiger partial charge in [0.2, 0.25) is 5.91 Å². The molecular weight excluding hydrogens is 334 g/mol. The summed E-state index contributed by atoms with van der Waals surface area (Å²) >= 11 is 0. The first-order valence-corrected chi connectivity index (χ1v) is 9.97. The molecule has 0 radical (unpaired) electrons. The number of carbonyl (C=O) groups excluding carboxylic acids is 1. The maximum absolute atomic E-state index is 12.1. The summed E-state index contributed by atoms with van der Waals surface area (Å²) in [4.78, 5) is 14.6. The molecule has 2 N–H and O–H groups in total. The normalized spacial score (nSPS) is 14.9. The van der Waals surface area contributed by atoms with Gasteiger partial charge in [-0.2, -0.15) is 0 Å². The molecule has 0 aliphatic carbocycles. The number of nitrogens with one attached hydrogen (secondary N) is 2. The van der Waals surface area contributed by atoms with Crippen LogP contribution in [-0.4, -0.2) is 25.5 Å². The predicted molar refractivity (Wildman–Crippen MR) is 115 cm³/mol. The zero-order chi connectivity index (χ0) is 19.2. The van der Waals surface area contributed by atoms with Crippen LogP contribution in [0.3, 0.4) is 0 Å². The number of hydrogen-bond acceptors (Lipinski definition) is 3. The Morgan fingerprint density at radius 2 is 1.67 bits per heavy atom. The lowest BCUT2D eigenvalue weighted by Gasteiger charge is -2.32. The Kier molecular flexibility index (Phi) is 6.38. The van der Waals surface area contributed by atoms with E-state index in [4.69, 9.17) is 0 Å². The van der Waals surface area contributed by atoms with Crippen molar-refractivity contribution < 1.29 is 4.79 Å². The Bertz CT molecular complexity index is 762. The molecular formula is C23H31N3O. The molecule has 1 saturated heterocycles. The van der Waals surface area contributed by atoms with Gasteiger partial charge < -0.3 is 15.5 Å². The second-order valence-electron chi connectivity index (χ2n) is 7.74. The van der Waals surface area contributed by atoms with E-state index in [1.54, 1.807) is 0 Å². The molecule has 3 rings (SSSR count). The van der Waals surface area contributed by atoms with Crippen LogP contribution in [0.5, 0.6) is 0 Å². The minimum absolute atomic E-state index is 0.0322. The predicted octanol–water partition coefficient (Wildman–Crippen LogP) is 4.98. The minimum Gasteiger partial charge on any atom is -0.385 e. The lowest BCUT2D eigenvalue weighted by Crippen LogP contribution is -2.32. The van der Waals surface area contributed by atoms with Crippen LogP contribution in [0.4, 0.5) is 17.1 Å². The second kappa shape index (κ2) is 8.94. The number of nitrogens with zero attached hydrogens (tertiary/aromatic N) is 1. The van der Waals surface area contributed by atoms with Crippen molar-refractivity contribution in [2.75, 3.05) is 35.2 Å². The third-order valence-electron chi connectivity index (χ3n) is 5.49. The summed E-state index contributed by atoms with van der Waals surface area (Å²) in [7, 11) is 0. The number of carbonyl (C=O) groups is 1. The number of benzene rings is 2. The van der Waals surface area contributed by atoms with Gasteiger partial charge in [0.25, 0.3) is 0 Å². The van der Waals surface area contributed by atoms with Crippen LogP contribution in [0.25, 0.3) is 0 Å². The first kappa shape index (κ1) is 19.3. The van der Waals surface area contributed by atoms with E-state index < -0.39 is 0 Å². The van der Waals surface area contributed by atoms with Gasteiger partial charge in [0.1, 0.15) is 0 Å². The van der Waals surface area contributed by atoms with E-state index in [0.717, 1.165) is 30.4 Å². The highest BCUT2D eigenvalue weighted by atomic mass is 16.1. The van der Waals surface area contributed by atoms with Crippen LogP contribution in [0, 0.1) is 19.8 Å². The van der Waals surface area contributed by atoms with Crippen molar-refractivity contribution >= 4 is 23.0 Å². The van der Waals surface area contributed by atoms with Crippen molar-refractivity contribution in [3.05, 3.63) is 53.6 Å². The minimum atomic E-state index is 0.0322. The summed E-state index contributed by atoms with van der Waals surface area (Å²) in [5.74, 6) is 0.877. The van der Waals surface area contributed by atoms with E-state index in [2.05, 4.69) is 60.6 Å². The summed E-state index contributed by atoms with van der Waals surface area (Å²) < 4.78 is 0. The molecule has 0 spiro atoms. The molecule has 2 aromatic carbocycles. The summed E-state index contributed by atoms with van der Waals surface area (Å²) in [6.45, 7) is 9.37. The zero-order valence-corrected chi connectivity index (χ0v) is 16.7. The lowest BCUT2D eigenvalue weighted by atomic mass is 9.99. The first-order valence-electron chi connectivity index (χ1n) is 9.97. The third kappa shape index (κ3) is 5.49. The smallest absolute Gasteiger partial charge is 0.226 e. The lowest BCUT2D eigenvalue weighted by molar-refractivity contribution is -0.115. The Morgan fingerprint density at radius 1 is 1.00 bits per heavy atom. The van der Waals surface area contributed by atoms with Gasteiger partial charge in [0, 0.05) is 43.1 Å². The summed E-state index contributed by atoms with van der Waals surface area (Å²) in [6.07, 6.45) is 2.99. The van der Waals surface area contributed by atoms with Gasteiger partial charge in [-0.15, -0.1) is 0 Å². The van der Waals surface area contributed by atoms with E-state index in [1.807, 2.05) is 18.2 Å². The van der Waals surface area contributed by atoms with E-state index >= 15 is 0 Å². The highest BCUT2D eigenvalue weighted by molar-refractivity contribution is 5.91. The molecule has 1 aliphatic rings. The molecule has 1 heterocycles. The van der Waals surface area contributed by atoms with Crippen molar-refractivity contribution in [2.24, 2.45) is 5.92 Å². The number of anilines is 3. The molecule has 2 aromatic rings. The van der Waals surface area contributed by atoms with E-state index in [9.17, 15) is 4.79 Å². The van der Waals surface area contributed by atoms with Crippen molar-refractivity contribution in [1.82, 2.24) is 0 Å². The summed E-state index contributed by atoms with van der Waals surface area (Å²) in [5.41, 5.74) is 5.64. The molecule has 144 valence electrons. The van der Waals surface area contributed by atoms with Crippen molar-refractivity contribution in [1.29, 1.82) is 0 Å². The van der Waals surface area contributed by atoms with Gasteiger partial charge >= 0.3 is 0 Å². The molecule has 0 bridgehead atoms. The number of aryl methyl sites for hydroxylation is 2. The molecule has 1 aliphatic heterocycles. The molecule has 1 fully saturated rings. The zero-order valence-electron chi connectivity index (χ0n) is 16.7. The van der Waals surface area contributed by atoms with E-state index in [1.165, 1.54) is 29.7 Å². The molecule has 0 saturated carbocycles. The highest BCUT2D eigenvalue weighted by Crippen LogP contribution is 2.24. The Morgan fingerprint density at radius 3 is 2.33 bits per heavy atom. The quantitative estimate of drug-likeness (QED) is 0.759. The SMILES string of the molecule is Cc1ccc(NC(=O)CCNc2ccc(N3CCC(C)CC3)cc2)cc1C. The Balaban J connectivity index is 1.43. The topological polar surface area (TPSA) is 44.4 Å².